The number of ether oxygens (including phenoxy) is 1. The minimum absolute atomic E-state index is 0.0222. The molecule has 1 fully saturated rings. The lowest BCUT2D eigenvalue weighted by molar-refractivity contribution is 0.235. The lowest BCUT2D eigenvalue weighted by Crippen LogP contribution is -2.17. The average molecular weight is 349 g/mol. The summed E-state index contributed by atoms with van der Waals surface area (Å²) in [5, 5.41) is 7.74. The average Bonchev–Trinajstić information content (AvgIpc) is 3.25. The fourth-order valence-corrected chi connectivity index (χ4v) is 3.54. The zero-order valence-corrected chi connectivity index (χ0v) is 14.8. The Labute approximate surface area is 147 Å². The molecule has 1 heterocycles. The Morgan fingerprint density at radius 1 is 1.28 bits per heavy atom. The summed E-state index contributed by atoms with van der Waals surface area (Å²) >= 11 is 0. The van der Waals surface area contributed by atoms with E-state index in [2.05, 4.69) is 17.3 Å². The first-order chi connectivity index (χ1) is 12.1. The van der Waals surface area contributed by atoms with E-state index in [4.69, 9.17) is 4.74 Å². The fraction of sp³-hybridized carbons (Fsp3) is 0.526. The van der Waals surface area contributed by atoms with Crippen LogP contribution in [0.4, 0.5) is 8.78 Å². The number of rotatable bonds is 7. The molecule has 1 saturated carbocycles. The first-order valence-corrected chi connectivity index (χ1v) is 8.88. The van der Waals surface area contributed by atoms with Gasteiger partial charge in [0.25, 0.3) is 0 Å². The Morgan fingerprint density at radius 2 is 2.04 bits per heavy atom. The van der Waals surface area contributed by atoms with E-state index in [1.54, 1.807) is 0 Å². The van der Waals surface area contributed by atoms with Crippen molar-refractivity contribution in [3.63, 3.8) is 0 Å². The second-order valence-electron chi connectivity index (χ2n) is 6.76. The second-order valence-corrected chi connectivity index (χ2v) is 6.76. The maximum atomic E-state index is 13.8. The van der Waals surface area contributed by atoms with E-state index in [0.29, 0.717) is 18.3 Å². The number of halogens is 2. The summed E-state index contributed by atoms with van der Waals surface area (Å²) in [4.78, 5) is 0. The molecule has 25 heavy (non-hydrogen) atoms. The van der Waals surface area contributed by atoms with Crippen LogP contribution in [0.25, 0.3) is 0 Å². The van der Waals surface area contributed by atoms with Crippen LogP contribution in [-0.4, -0.2) is 16.8 Å². The number of benzene rings is 1. The second kappa shape index (κ2) is 7.95. The molecule has 1 N–H and O–H groups in total. The van der Waals surface area contributed by atoms with Crippen LogP contribution >= 0.6 is 0 Å². The molecule has 1 aliphatic carbocycles. The molecule has 1 unspecified atom stereocenters. The van der Waals surface area contributed by atoms with Crippen molar-refractivity contribution in [3.8, 4) is 5.88 Å². The first kappa shape index (κ1) is 17.9. The number of nitrogens with zero attached hydrogens (tertiary/aromatic N) is 2. The maximum absolute atomic E-state index is 13.8. The predicted octanol–water partition coefficient (Wildman–Crippen LogP) is 4.21. The maximum Gasteiger partial charge on any atom is 0.212 e. The van der Waals surface area contributed by atoms with E-state index in [9.17, 15) is 8.78 Å². The van der Waals surface area contributed by atoms with Gasteiger partial charge in [-0.05, 0) is 50.9 Å². The molecule has 136 valence electrons. The Hall–Kier alpha value is -1.95. The van der Waals surface area contributed by atoms with Gasteiger partial charge in [0, 0.05) is 18.2 Å². The van der Waals surface area contributed by atoms with Crippen molar-refractivity contribution in [1.82, 2.24) is 15.1 Å². The molecule has 1 aromatic heterocycles. The summed E-state index contributed by atoms with van der Waals surface area (Å²) in [5.74, 6) is 0.249. The summed E-state index contributed by atoms with van der Waals surface area (Å²) in [5.41, 5.74) is 1.08. The van der Waals surface area contributed by atoms with Gasteiger partial charge >= 0.3 is 0 Å². The van der Waals surface area contributed by atoms with E-state index in [-0.39, 0.29) is 18.2 Å². The molecule has 0 aliphatic heterocycles. The standard InChI is InChI=1S/C19H25F2N3O/c1-13(14-5-3-4-6-14)24-19(10-17(23-24)11-22-2)25-12-15-9-16(20)7-8-18(15)21/h7-10,13-14,22H,3-6,11-12H2,1-2H3. The van der Waals surface area contributed by atoms with E-state index in [1.807, 2.05) is 17.8 Å². The molecule has 1 aromatic carbocycles. The van der Waals surface area contributed by atoms with E-state index >= 15 is 0 Å². The smallest absolute Gasteiger partial charge is 0.212 e. The van der Waals surface area contributed by atoms with Gasteiger partial charge in [0.1, 0.15) is 18.2 Å². The van der Waals surface area contributed by atoms with Gasteiger partial charge in [-0.25, -0.2) is 13.5 Å². The van der Waals surface area contributed by atoms with Gasteiger partial charge in [-0.3, -0.25) is 0 Å². The summed E-state index contributed by atoms with van der Waals surface area (Å²) in [6, 6.07) is 5.50. The van der Waals surface area contributed by atoms with Crippen LogP contribution in [0.2, 0.25) is 0 Å². The van der Waals surface area contributed by atoms with Crippen LogP contribution in [0.1, 0.15) is 49.9 Å². The molecule has 0 bridgehead atoms. The Kier molecular flexibility index (Phi) is 5.68. The highest BCUT2D eigenvalue weighted by Gasteiger charge is 2.26. The third-order valence-electron chi connectivity index (χ3n) is 4.96. The van der Waals surface area contributed by atoms with Crippen LogP contribution in [-0.2, 0) is 13.2 Å². The molecule has 0 spiro atoms. The lowest BCUT2D eigenvalue weighted by atomic mass is 10.0. The molecule has 3 rings (SSSR count). The van der Waals surface area contributed by atoms with E-state index in [0.717, 1.165) is 17.8 Å². The molecular weight excluding hydrogens is 324 g/mol. The van der Waals surface area contributed by atoms with Crippen molar-refractivity contribution in [2.75, 3.05) is 7.05 Å². The SMILES string of the molecule is CNCc1cc(OCc2cc(F)ccc2F)n(C(C)C2CCCC2)n1. The van der Waals surface area contributed by atoms with Gasteiger partial charge in [-0.1, -0.05) is 12.8 Å². The predicted molar refractivity (Wildman–Crippen MR) is 92.3 cm³/mol. The van der Waals surface area contributed by atoms with Crippen LogP contribution in [0.3, 0.4) is 0 Å². The van der Waals surface area contributed by atoms with Crippen LogP contribution in [0.5, 0.6) is 5.88 Å². The van der Waals surface area contributed by atoms with Crippen molar-refractivity contribution in [2.24, 2.45) is 5.92 Å². The molecule has 4 nitrogen and oxygen atoms in total. The molecule has 2 aromatic rings. The van der Waals surface area contributed by atoms with Crippen LogP contribution < -0.4 is 10.1 Å². The topological polar surface area (TPSA) is 39.1 Å². The molecular formula is C19H25F2N3O. The monoisotopic (exact) mass is 349 g/mol. The summed E-state index contributed by atoms with van der Waals surface area (Å²) in [6.07, 6.45) is 4.90. The molecule has 0 saturated heterocycles. The van der Waals surface area contributed by atoms with Gasteiger partial charge in [0.15, 0.2) is 0 Å². The van der Waals surface area contributed by atoms with Gasteiger partial charge < -0.3 is 10.1 Å². The number of aromatic nitrogens is 2. The van der Waals surface area contributed by atoms with Crippen LogP contribution in [0.15, 0.2) is 24.3 Å². The minimum Gasteiger partial charge on any atom is -0.473 e. The summed E-state index contributed by atoms with van der Waals surface area (Å²) < 4.78 is 34.9. The normalized spacial score (nSPS) is 16.3. The van der Waals surface area contributed by atoms with E-state index < -0.39 is 11.6 Å². The van der Waals surface area contributed by atoms with Gasteiger partial charge in [0.05, 0.1) is 11.7 Å². The molecule has 0 radical (unpaired) electrons. The van der Waals surface area contributed by atoms with Crippen molar-refractivity contribution < 1.29 is 13.5 Å². The Bertz CT molecular complexity index is 711. The molecule has 1 aliphatic rings. The van der Waals surface area contributed by atoms with Crippen molar-refractivity contribution in [2.45, 2.75) is 51.8 Å². The Balaban J connectivity index is 1.79. The van der Waals surface area contributed by atoms with E-state index in [1.165, 1.54) is 31.7 Å². The zero-order chi connectivity index (χ0) is 17.8. The summed E-state index contributed by atoms with van der Waals surface area (Å²) in [6.45, 7) is 2.77. The number of hydrogen-bond donors (Lipinski definition) is 1. The van der Waals surface area contributed by atoms with Crippen molar-refractivity contribution in [1.29, 1.82) is 0 Å². The quantitative estimate of drug-likeness (QED) is 0.814. The first-order valence-electron chi connectivity index (χ1n) is 8.88. The fourth-order valence-electron chi connectivity index (χ4n) is 3.54. The number of hydrogen-bond acceptors (Lipinski definition) is 3. The van der Waals surface area contributed by atoms with Gasteiger partial charge in [-0.15, -0.1) is 0 Å². The van der Waals surface area contributed by atoms with Crippen LogP contribution in [0, 0.1) is 17.6 Å². The third kappa shape index (κ3) is 4.18. The van der Waals surface area contributed by atoms with Gasteiger partial charge in [-0.2, -0.15) is 5.10 Å². The summed E-state index contributed by atoms with van der Waals surface area (Å²) in [7, 11) is 1.86. The molecule has 6 heteroatoms. The Morgan fingerprint density at radius 3 is 2.76 bits per heavy atom. The lowest BCUT2D eigenvalue weighted by Gasteiger charge is -2.21. The highest BCUT2D eigenvalue weighted by Crippen LogP contribution is 2.36. The minimum atomic E-state index is -0.469. The molecule has 0 amide bonds. The highest BCUT2D eigenvalue weighted by molar-refractivity contribution is 5.21. The zero-order valence-electron chi connectivity index (χ0n) is 14.8. The number of nitrogens with one attached hydrogen (secondary N) is 1. The molecule has 1 atom stereocenters. The van der Waals surface area contributed by atoms with Crippen molar-refractivity contribution in [3.05, 3.63) is 47.2 Å². The van der Waals surface area contributed by atoms with Crippen molar-refractivity contribution >= 4 is 0 Å². The third-order valence-corrected chi connectivity index (χ3v) is 4.96. The highest BCUT2D eigenvalue weighted by atomic mass is 19.1. The van der Waals surface area contributed by atoms with Gasteiger partial charge in [0.2, 0.25) is 5.88 Å². The largest absolute Gasteiger partial charge is 0.473 e.